The van der Waals surface area contributed by atoms with Gasteiger partial charge in [-0.1, -0.05) is 0 Å². The van der Waals surface area contributed by atoms with Crippen LogP contribution in [-0.2, 0) is 14.3 Å². The Morgan fingerprint density at radius 1 is 1.15 bits per heavy atom. The molecule has 8 heteroatoms. The molecule has 33 heavy (non-hydrogen) atoms. The number of carbonyl (C=O) groups excluding carboxylic acids is 1. The van der Waals surface area contributed by atoms with E-state index in [0.29, 0.717) is 32.2 Å². The van der Waals surface area contributed by atoms with Crippen LogP contribution < -0.4 is 0 Å². The van der Waals surface area contributed by atoms with Crippen LogP contribution in [0.25, 0.3) is 21.9 Å². The van der Waals surface area contributed by atoms with E-state index in [1.165, 1.54) is 10.9 Å². The molecule has 0 aromatic carbocycles. The van der Waals surface area contributed by atoms with Crippen LogP contribution in [0.5, 0.6) is 0 Å². The number of hydrogen-bond donors (Lipinski definition) is 1. The molecule has 1 unspecified atom stereocenters. The van der Waals surface area contributed by atoms with Gasteiger partial charge in [-0.15, -0.1) is 0 Å². The van der Waals surface area contributed by atoms with Crippen molar-refractivity contribution in [2.75, 3.05) is 53.0 Å². The van der Waals surface area contributed by atoms with E-state index in [1.54, 1.807) is 7.11 Å². The number of aromatic amines is 1. The summed E-state index contributed by atoms with van der Waals surface area (Å²) in [5.74, 6) is 0.700. The van der Waals surface area contributed by atoms with E-state index >= 15 is 0 Å². The highest BCUT2D eigenvalue weighted by atomic mass is 16.5. The Labute approximate surface area is 194 Å². The van der Waals surface area contributed by atoms with Crippen LogP contribution in [0.2, 0.25) is 0 Å². The number of nitrogens with one attached hydrogen (secondary N) is 1. The first-order valence-corrected chi connectivity index (χ1v) is 12.0. The van der Waals surface area contributed by atoms with Gasteiger partial charge in [0.1, 0.15) is 0 Å². The van der Waals surface area contributed by atoms with Crippen molar-refractivity contribution in [2.24, 2.45) is 0 Å². The van der Waals surface area contributed by atoms with Crippen LogP contribution in [0, 0.1) is 0 Å². The Hall–Kier alpha value is -2.55. The number of H-pyrrole nitrogens is 1. The second-order valence-electron chi connectivity index (χ2n) is 9.18. The molecule has 1 atom stereocenters. The number of hydrogen-bond acceptors (Lipinski definition) is 6. The Morgan fingerprint density at radius 3 is 2.88 bits per heavy atom. The largest absolute Gasteiger partial charge is 0.382 e. The number of nitrogens with zero attached hydrogens (tertiary/aromatic N) is 4. The normalized spacial score (nSPS) is 20.6. The number of methoxy groups -OCH3 is 1. The van der Waals surface area contributed by atoms with E-state index in [9.17, 15) is 4.79 Å². The van der Waals surface area contributed by atoms with Crippen LogP contribution in [0.1, 0.15) is 37.2 Å². The molecule has 0 saturated carbocycles. The van der Waals surface area contributed by atoms with Gasteiger partial charge in [-0.05, 0) is 62.4 Å². The fourth-order valence-corrected chi connectivity index (χ4v) is 5.32. The maximum absolute atomic E-state index is 13.0. The minimum Gasteiger partial charge on any atom is -0.382 e. The molecule has 2 aliphatic heterocycles. The van der Waals surface area contributed by atoms with Crippen molar-refractivity contribution in [3.63, 3.8) is 0 Å². The Kier molecular flexibility index (Phi) is 6.85. The maximum atomic E-state index is 13.0. The third-order valence-electron chi connectivity index (χ3n) is 7.08. The van der Waals surface area contributed by atoms with Crippen molar-refractivity contribution in [1.82, 2.24) is 24.8 Å². The van der Waals surface area contributed by atoms with Crippen molar-refractivity contribution >= 4 is 27.8 Å². The van der Waals surface area contributed by atoms with E-state index < -0.39 is 0 Å². The van der Waals surface area contributed by atoms with Crippen LogP contribution in [0.4, 0.5) is 0 Å². The standard InChI is InChI=1S/C25H33N5O3/c1-32-13-14-33-19-3-2-10-30(16-19)23(31)17-29-11-6-18(7-12-29)20-4-8-26-22-15-28-25-21(24(20)22)5-9-27-25/h4-5,8-9,15,18-19,26H,2-3,6-7,10-14,16-17H2,1H3. The molecular formula is C25H33N5O3. The van der Waals surface area contributed by atoms with Crippen molar-refractivity contribution < 1.29 is 14.3 Å². The number of aromatic nitrogens is 3. The molecule has 2 saturated heterocycles. The average molecular weight is 452 g/mol. The highest BCUT2D eigenvalue weighted by molar-refractivity contribution is 6.05. The smallest absolute Gasteiger partial charge is 0.236 e. The maximum Gasteiger partial charge on any atom is 0.236 e. The molecule has 8 nitrogen and oxygen atoms in total. The van der Waals surface area contributed by atoms with Crippen molar-refractivity contribution in [1.29, 1.82) is 0 Å². The lowest BCUT2D eigenvalue weighted by atomic mass is 9.87. The van der Waals surface area contributed by atoms with E-state index in [4.69, 9.17) is 9.47 Å². The van der Waals surface area contributed by atoms with E-state index in [2.05, 4.69) is 32.0 Å². The summed E-state index contributed by atoms with van der Waals surface area (Å²) >= 11 is 0. The zero-order chi connectivity index (χ0) is 22.6. The van der Waals surface area contributed by atoms with Gasteiger partial charge < -0.3 is 19.4 Å². The number of fused-ring (bicyclic) bond motifs is 3. The van der Waals surface area contributed by atoms with Gasteiger partial charge in [0.15, 0.2) is 5.65 Å². The molecule has 3 aromatic heterocycles. The number of pyridine rings is 2. The highest BCUT2D eigenvalue weighted by Crippen LogP contribution is 2.35. The topological polar surface area (TPSA) is 83.6 Å². The zero-order valence-corrected chi connectivity index (χ0v) is 19.3. The molecule has 5 rings (SSSR count). The fourth-order valence-electron chi connectivity index (χ4n) is 5.32. The highest BCUT2D eigenvalue weighted by Gasteiger charge is 2.28. The number of likely N-dealkylation sites (tertiary alicyclic amines) is 2. The molecule has 1 amide bonds. The van der Waals surface area contributed by atoms with E-state index in [-0.39, 0.29) is 12.0 Å². The first-order valence-electron chi connectivity index (χ1n) is 12.0. The number of carbonyl (C=O) groups is 1. The first kappa shape index (κ1) is 22.3. The van der Waals surface area contributed by atoms with E-state index in [1.807, 2.05) is 23.5 Å². The van der Waals surface area contributed by atoms with Gasteiger partial charge in [0, 0.05) is 43.4 Å². The minimum atomic E-state index is 0.128. The predicted molar refractivity (Wildman–Crippen MR) is 127 cm³/mol. The average Bonchev–Trinajstić information content (AvgIpc) is 3.34. The molecule has 5 heterocycles. The SMILES string of the molecule is COCCOC1CCCN(C(=O)CN2CCC(c3cc[nH]c4cnc5nccc5c34)CC2)C1. The second-order valence-corrected chi connectivity index (χ2v) is 9.18. The molecule has 2 fully saturated rings. The number of piperidine rings is 2. The molecule has 0 bridgehead atoms. The molecular weight excluding hydrogens is 418 g/mol. The Morgan fingerprint density at radius 2 is 2.03 bits per heavy atom. The van der Waals surface area contributed by atoms with Gasteiger partial charge in [-0.3, -0.25) is 9.69 Å². The molecule has 176 valence electrons. The third kappa shape index (κ3) is 4.88. The number of rotatable bonds is 7. The summed E-state index contributed by atoms with van der Waals surface area (Å²) in [6, 6.07) is 4.26. The van der Waals surface area contributed by atoms with Crippen LogP contribution in [-0.4, -0.2) is 89.8 Å². The van der Waals surface area contributed by atoms with Crippen LogP contribution in [0.3, 0.4) is 0 Å². The number of ether oxygens (including phenoxy) is 2. The van der Waals surface area contributed by atoms with Crippen molar-refractivity contribution in [3.8, 4) is 0 Å². The summed E-state index contributed by atoms with van der Waals surface area (Å²) in [5, 5.41) is 2.35. The predicted octanol–water partition coefficient (Wildman–Crippen LogP) is 2.94. The van der Waals surface area contributed by atoms with Gasteiger partial charge in [0.2, 0.25) is 5.91 Å². The summed E-state index contributed by atoms with van der Waals surface area (Å²) in [5.41, 5.74) is 3.22. The monoisotopic (exact) mass is 451 g/mol. The lowest BCUT2D eigenvalue weighted by molar-refractivity contribution is -0.137. The van der Waals surface area contributed by atoms with Crippen molar-refractivity contribution in [3.05, 3.63) is 36.3 Å². The molecule has 0 radical (unpaired) electrons. The third-order valence-corrected chi connectivity index (χ3v) is 7.08. The Balaban J connectivity index is 1.19. The Bertz CT molecular complexity index is 1090. The molecule has 2 aliphatic rings. The lowest BCUT2D eigenvalue weighted by Gasteiger charge is -2.36. The van der Waals surface area contributed by atoms with Crippen LogP contribution >= 0.6 is 0 Å². The van der Waals surface area contributed by atoms with Gasteiger partial charge >= 0.3 is 0 Å². The summed E-state index contributed by atoms with van der Waals surface area (Å²) in [6.45, 7) is 5.09. The summed E-state index contributed by atoms with van der Waals surface area (Å²) in [7, 11) is 1.68. The van der Waals surface area contributed by atoms with Gasteiger partial charge in [-0.25, -0.2) is 9.97 Å². The van der Waals surface area contributed by atoms with Crippen LogP contribution in [0.15, 0.2) is 30.7 Å². The summed E-state index contributed by atoms with van der Waals surface area (Å²) < 4.78 is 10.9. The molecule has 1 N–H and O–H groups in total. The van der Waals surface area contributed by atoms with E-state index in [0.717, 1.165) is 61.9 Å². The van der Waals surface area contributed by atoms with Crippen molar-refractivity contribution in [2.45, 2.75) is 37.7 Å². The molecule has 0 aliphatic carbocycles. The van der Waals surface area contributed by atoms with Gasteiger partial charge in [-0.2, -0.15) is 0 Å². The summed E-state index contributed by atoms with van der Waals surface area (Å²) in [6.07, 6.45) is 9.97. The summed E-state index contributed by atoms with van der Waals surface area (Å²) in [4.78, 5) is 29.4. The van der Waals surface area contributed by atoms with Gasteiger partial charge in [0.25, 0.3) is 0 Å². The second kappa shape index (κ2) is 10.2. The minimum absolute atomic E-state index is 0.128. The number of amides is 1. The fraction of sp³-hybridized carbons (Fsp3) is 0.560. The molecule has 0 spiro atoms. The lowest BCUT2D eigenvalue weighted by Crippen LogP contribution is -2.48. The van der Waals surface area contributed by atoms with Gasteiger partial charge in [0.05, 0.1) is 37.6 Å². The zero-order valence-electron chi connectivity index (χ0n) is 19.3. The first-order chi connectivity index (χ1) is 16.2. The quantitative estimate of drug-likeness (QED) is 0.556. The molecule has 3 aromatic rings.